The van der Waals surface area contributed by atoms with Crippen LogP contribution >= 0.6 is 0 Å². The first kappa shape index (κ1) is 99.3. The largest absolute Gasteiger partial charge is 0.462 e. The Labute approximate surface area is 672 Å². The lowest BCUT2D eigenvalue weighted by molar-refractivity contribution is -0.308. The van der Waals surface area contributed by atoms with E-state index in [1.807, 2.05) is 32.9 Å². The molecule has 4 saturated heterocycles. The molecule has 6 aliphatic heterocycles. The molecule has 0 amide bonds. The number of methoxy groups -OCH3 is 4. The fourth-order valence-electron chi connectivity index (χ4n) is 16.1. The number of ketones is 2. The van der Waals surface area contributed by atoms with Crippen molar-refractivity contribution < 1.29 is 145 Å². The quantitative estimate of drug-likeness (QED) is 0.0446. The SMILES string of the molecule is CC[C@H]1OC(=O)C[C@@H](O)[C@H](C)[C@@H](O[C@@H]2OC(C)[C@@H](O)C(N(C)C)C2O)[C@@H](CC=O)C[C@@H](C)C(=O)/C=C/C(C)=C/[C@@H]1CO[C@@H]1OC(C)[C@@H](O)[C@H](OC)C1OC.CC[C@H]1OC(=O)C[C@@H](O)[C@H](C)[C@@H](O[C@@H]2OC(C)[C@@H](OC(C)=O)C(N(C)C)C2OC(C)=O)[C@@H](CC=O)C[C@@H](C)C(=O)/C=C/C(C)=C/[C@@H]1CO[C@@H]1OC(C)[C@@H](O)[C@H](OC)C1OC. The number of allylic oxidation sites excluding steroid dienone is 6. The normalized spacial score (nSPS) is 41.8. The molecule has 0 saturated carbocycles. The van der Waals surface area contributed by atoms with Crippen LogP contribution in [0.1, 0.15) is 148 Å². The zero-order valence-corrected chi connectivity index (χ0v) is 70.7. The fraction of sp³-hybridized carbons (Fsp3) is 0.805. The van der Waals surface area contributed by atoms with Crippen molar-refractivity contribution >= 4 is 48.0 Å². The van der Waals surface area contributed by atoms with E-state index in [9.17, 15) is 69.0 Å². The molecule has 6 aliphatic rings. The van der Waals surface area contributed by atoms with Gasteiger partial charge in [0.25, 0.3) is 0 Å². The van der Waals surface area contributed by atoms with E-state index in [1.165, 1.54) is 54.4 Å². The van der Waals surface area contributed by atoms with Gasteiger partial charge in [0, 0.05) is 90.6 Å². The van der Waals surface area contributed by atoms with Crippen LogP contribution < -0.4 is 0 Å². The first-order chi connectivity index (χ1) is 53.8. The molecule has 6 heterocycles. The summed E-state index contributed by atoms with van der Waals surface area (Å²) in [6.45, 7) is 23.4. The molecule has 0 radical (unpaired) electrons. The van der Waals surface area contributed by atoms with Gasteiger partial charge in [0.2, 0.25) is 0 Å². The van der Waals surface area contributed by atoms with Crippen LogP contribution in [0.5, 0.6) is 0 Å². The Balaban J connectivity index is 0.000000409. The molecular weight excluding hydrogens is 1490 g/mol. The Morgan fingerprint density at radius 3 is 1.18 bits per heavy atom. The number of nitrogens with zero attached hydrogens (tertiary/aromatic N) is 2. The third kappa shape index (κ3) is 27.4. The second-order valence-electron chi connectivity index (χ2n) is 31.9. The number of ether oxygens (including phenoxy) is 16. The van der Waals surface area contributed by atoms with Gasteiger partial charge in [-0.25, -0.2) is 0 Å². The van der Waals surface area contributed by atoms with E-state index in [0.29, 0.717) is 30.3 Å². The zero-order valence-electron chi connectivity index (χ0n) is 70.7. The number of aliphatic hydroxyl groups is 6. The highest BCUT2D eigenvalue weighted by Gasteiger charge is 2.54. The van der Waals surface area contributed by atoms with E-state index in [4.69, 9.17) is 75.8 Å². The molecule has 0 aromatic carbocycles. The highest BCUT2D eigenvalue weighted by Crippen LogP contribution is 2.39. The van der Waals surface area contributed by atoms with Crippen LogP contribution in [0.4, 0.5) is 0 Å². The Morgan fingerprint density at radius 2 is 0.825 bits per heavy atom. The molecular formula is C82H134N2O30. The van der Waals surface area contributed by atoms with Gasteiger partial charge in [0.05, 0.1) is 93.1 Å². The Kier molecular flexibility index (Phi) is 41.4. The third-order valence-corrected chi connectivity index (χ3v) is 22.8. The average Bonchev–Trinajstić information content (AvgIpc) is 0.775. The van der Waals surface area contributed by atoms with Crippen LogP contribution in [-0.2, 0) is 114 Å². The lowest BCUT2D eigenvalue weighted by atomic mass is 9.79. The molecule has 6 N–H and O–H groups in total. The summed E-state index contributed by atoms with van der Waals surface area (Å²) in [5.74, 6) is -8.23. The maximum absolute atomic E-state index is 13.7. The molecule has 4 fully saturated rings. The van der Waals surface area contributed by atoms with Gasteiger partial charge in [-0.15, -0.1) is 0 Å². The summed E-state index contributed by atoms with van der Waals surface area (Å²) in [6, 6.07) is -1.47. The molecule has 32 nitrogen and oxygen atoms in total. The van der Waals surface area contributed by atoms with E-state index < -0.39 is 243 Å². The topological polar surface area (TPSA) is 412 Å². The lowest BCUT2D eigenvalue weighted by Crippen LogP contribution is -2.65. The van der Waals surface area contributed by atoms with Crippen LogP contribution in [-0.4, -0.2) is 318 Å². The number of hydrogen-bond donors (Lipinski definition) is 6. The van der Waals surface area contributed by atoms with Crippen LogP contribution in [0, 0.1) is 47.3 Å². The van der Waals surface area contributed by atoms with Crippen molar-refractivity contribution in [1.82, 2.24) is 9.80 Å². The van der Waals surface area contributed by atoms with Crippen molar-refractivity contribution in [2.24, 2.45) is 47.3 Å². The maximum atomic E-state index is 13.7. The molecule has 0 aromatic heterocycles. The van der Waals surface area contributed by atoms with Crippen LogP contribution in [0.15, 0.2) is 47.6 Å². The van der Waals surface area contributed by atoms with Crippen LogP contribution in [0.2, 0.25) is 0 Å². The number of carbonyl (C=O) groups excluding carboxylic acids is 8. The van der Waals surface area contributed by atoms with E-state index in [0.717, 1.165) is 6.29 Å². The summed E-state index contributed by atoms with van der Waals surface area (Å²) < 4.78 is 95.4. The van der Waals surface area contributed by atoms with Crippen molar-refractivity contribution in [3.8, 4) is 0 Å². The van der Waals surface area contributed by atoms with Crippen molar-refractivity contribution in [1.29, 1.82) is 0 Å². The predicted octanol–water partition coefficient (Wildman–Crippen LogP) is 4.27. The molecule has 0 bridgehead atoms. The smallest absolute Gasteiger partial charge is 0.308 e. The van der Waals surface area contributed by atoms with E-state index in [1.54, 1.807) is 112 Å². The molecule has 114 heavy (non-hydrogen) atoms. The Hall–Kier alpha value is -5.28. The standard InChI is InChI=1S/C43H69NO16.C39H65NO14/c1-13-33-30(21-54-42-41(53-12)40(52-11)36(51)25(5)55-42)18-22(2)14-15-31(48)23(3)19-29(16-17-45)37(24(4)32(49)20-34(50)59-33)60-43-39(58-28(8)47)35(44(9)10)38(26(6)56-43)57-27(7)46;1-11-29-26(19-50-39-37(49-10)36(48-9)33(46)24(6)52-39)16-20(2)12-13-27(42)21(3)17-25(14-15-41)35(22(4)28(43)18-30(44)53-29)54-38-34(47)31(40(7)8)32(45)23(5)51-38/h14-15,17-18,23-26,29-30,32-33,35-43,49,51H,13,16,19-21H2,1-12H3;12-13,15-16,21-26,28-29,31-39,43,45-47H,11,14,17-19H2,1-10H3/b15-14+,22-18+;13-12+,20-16+/t23-,24+,25?,26?,29+,30-,32-,33-,35?,36-,37-,38-,39?,40+,41?,42-,43+;21-,22+,23?,24?,25+,26-,28-,29-,31?,32-,33-,34?,35-,36+,37?,38+,39-/m11/s1. The fourth-order valence-corrected chi connectivity index (χ4v) is 16.1. The molecule has 10 unspecified atom stereocenters. The van der Waals surface area contributed by atoms with Crippen LogP contribution in [0.3, 0.4) is 0 Å². The van der Waals surface area contributed by atoms with E-state index >= 15 is 0 Å². The minimum Gasteiger partial charge on any atom is -0.462 e. The van der Waals surface area contributed by atoms with Crippen LogP contribution in [0.25, 0.3) is 0 Å². The number of cyclic esters (lactones) is 2. The number of hydrogen-bond acceptors (Lipinski definition) is 32. The van der Waals surface area contributed by atoms with E-state index in [2.05, 4.69) is 0 Å². The summed E-state index contributed by atoms with van der Waals surface area (Å²) in [5, 5.41) is 66.6. The highest BCUT2D eigenvalue weighted by atomic mass is 16.7. The average molecular weight is 1630 g/mol. The molecule has 32 heteroatoms. The van der Waals surface area contributed by atoms with Gasteiger partial charge in [-0.3, -0.25) is 33.7 Å². The Bertz CT molecular complexity index is 3150. The first-order valence-electron chi connectivity index (χ1n) is 39.9. The summed E-state index contributed by atoms with van der Waals surface area (Å²) in [7, 11) is 12.7. The van der Waals surface area contributed by atoms with Gasteiger partial charge in [-0.05, 0) is 119 Å². The monoisotopic (exact) mass is 1630 g/mol. The van der Waals surface area contributed by atoms with Gasteiger partial charge >= 0.3 is 23.9 Å². The van der Waals surface area contributed by atoms with Crippen molar-refractivity contribution in [2.75, 3.05) is 69.8 Å². The second kappa shape index (κ2) is 47.5. The number of carbonyl (C=O) groups is 8. The Morgan fingerprint density at radius 1 is 0.465 bits per heavy atom. The number of likely N-dealkylation sites (N-methyl/N-ethyl adjacent to an activating group) is 2. The van der Waals surface area contributed by atoms with Gasteiger partial charge < -0.3 is 121 Å². The molecule has 6 rings (SSSR count). The first-order valence-corrected chi connectivity index (χ1v) is 39.9. The maximum Gasteiger partial charge on any atom is 0.308 e. The molecule has 0 spiro atoms. The highest BCUT2D eigenvalue weighted by molar-refractivity contribution is 5.92. The minimum atomic E-state index is -1.37. The van der Waals surface area contributed by atoms with Gasteiger partial charge in [-0.1, -0.05) is 77.0 Å². The number of esters is 4. The zero-order chi connectivity index (χ0) is 85.4. The van der Waals surface area contributed by atoms with Gasteiger partial charge in [-0.2, -0.15) is 0 Å². The lowest BCUT2D eigenvalue weighted by Gasteiger charge is -2.48. The molecule has 0 aliphatic carbocycles. The minimum absolute atomic E-state index is 0.0110. The van der Waals surface area contributed by atoms with Gasteiger partial charge in [0.15, 0.2) is 42.8 Å². The summed E-state index contributed by atoms with van der Waals surface area (Å²) >= 11 is 0. The van der Waals surface area contributed by atoms with Crippen molar-refractivity contribution in [3.63, 3.8) is 0 Å². The summed E-state index contributed by atoms with van der Waals surface area (Å²) in [5.41, 5.74) is 1.38. The van der Waals surface area contributed by atoms with Crippen molar-refractivity contribution in [2.45, 2.75) is 308 Å². The molecule has 0 aromatic rings. The predicted molar refractivity (Wildman–Crippen MR) is 411 cm³/mol. The van der Waals surface area contributed by atoms with E-state index in [-0.39, 0.29) is 50.5 Å². The summed E-state index contributed by atoms with van der Waals surface area (Å²) in [4.78, 5) is 107. The number of aliphatic hydroxyl groups excluding tert-OH is 6. The number of rotatable bonds is 24. The second-order valence-corrected chi connectivity index (χ2v) is 31.9. The van der Waals surface area contributed by atoms with Gasteiger partial charge in [0.1, 0.15) is 73.6 Å². The third-order valence-electron chi connectivity index (χ3n) is 22.8. The number of aldehydes is 2. The van der Waals surface area contributed by atoms with Crippen molar-refractivity contribution in [3.05, 3.63) is 47.6 Å². The summed E-state index contributed by atoms with van der Waals surface area (Å²) in [6.07, 6.45) is -10.9. The molecule has 34 atom stereocenters. The molecule has 652 valence electrons.